The first-order chi connectivity index (χ1) is 27.9. The third kappa shape index (κ3) is 11.8. The van der Waals surface area contributed by atoms with Crippen LogP contribution in [0.25, 0.3) is 23.3 Å². The predicted octanol–water partition coefficient (Wildman–Crippen LogP) is -10.5. The number of nitrogens with two attached hydrogens (primary N) is 2. The monoisotopic (exact) mass is 992 g/mol. The fourth-order valence-electron chi connectivity index (χ4n) is 6.05. The van der Waals surface area contributed by atoms with Crippen LogP contribution >= 0.6 is 0 Å². The Hall–Kier alpha value is -2.52. The molecule has 0 spiro atoms. The summed E-state index contributed by atoms with van der Waals surface area (Å²) in [5, 5.41) is 8.00. The van der Waals surface area contributed by atoms with Crippen molar-refractivity contribution in [2.75, 3.05) is 36.5 Å². The number of anilines is 4. The van der Waals surface area contributed by atoms with Crippen molar-refractivity contribution in [2.45, 2.75) is 19.6 Å². The summed E-state index contributed by atoms with van der Waals surface area (Å²) in [7, 11) is -19.0. The molecule has 0 fully saturated rings. The molecule has 0 heterocycles. The third-order valence-corrected chi connectivity index (χ3v) is 12.3. The fourth-order valence-corrected chi connectivity index (χ4v) is 8.87. The summed E-state index contributed by atoms with van der Waals surface area (Å²) in [4.78, 5) is 21.9. The summed E-state index contributed by atoms with van der Waals surface area (Å²) >= 11 is 0. The largest absolute Gasteiger partial charge is 1.00 e. The van der Waals surface area contributed by atoms with Gasteiger partial charge in [0.1, 0.15) is 63.4 Å². The molecule has 30 heteroatoms. The Bertz CT molecular complexity index is 2990. The molecule has 0 aliphatic heterocycles. The molecule has 2 aliphatic carbocycles. The maximum absolute atomic E-state index is 13.4. The van der Waals surface area contributed by atoms with Gasteiger partial charge in [-0.05, 0) is 59.7 Å². The Labute approximate surface area is 453 Å². The van der Waals surface area contributed by atoms with E-state index in [9.17, 15) is 61.5 Å². The van der Waals surface area contributed by atoms with Crippen molar-refractivity contribution in [3.63, 3.8) is 0 Å². The van der Waals surface area contributed by atoms with Crippen LogP contribution in [-0.2, 0) is 40.5 Å². The van der Waals surface area contributed by atoms with Gasteiger partial charge in [-0.25, -0.2) is 33.7 Å². The number of ether oxygens (including phenoxy) is 2. The van der Waals surface area contributed by atoms with E-state index in [1.165, 1.54) is 26.4 Å². The van der Waals surface area contributed by atoms with Crippen molar-refractivity contribution in [1.82, 2.24) is 0 Å². The molecule has 0 unspecified atom stereocenters. The molecular weight excluding hydrogens is 969 g/mol. The first kappa shape index (κ1) is 57.6. The van der Waals surface area contributed by atoms with Crippen LogP contribution in [0.5, 0.6) is 11.5 Å². The quantitative estimate of drug-likeness (QED) is 0.0469. The van der Waals surface area contributed by atoms with E-state index in [2.05, 4.69) is 21.1 Å². The molecule has 6 N–H and O–H groups in total. The van der Waals surface area contributed by atoms with Crippen LogP contribution in [0.2, 0.25) is 0 Å². The maximum atomic E-state index is 13.4. The van der Waals surface area contributed by atoms with E-state index in [1.54, 1.807) is 24.3 Å². The summed E-state index contributed by atoms with van der Waals surface area (Å²) < 4.78 is 153. The summed E-state index contributed by atoms with van der Waals surface area (Å²) in [6.07, 6.45) is 4.07. The minimum Gasteiger partial charge on any atom is -0.744 e. The summed E-state index contributed by atoms with van der Waals surface area (Å²) in [5.41, 5.74) is 13.1. The van der Waals surface area contributed by atoms with Gasteiger partial charge >= 0.3 is 118 Å². The molecule has 0 amide bonds. The minimum atomic E-state index is -5.43. The van der Waals surface area contributed by atoms with Crippen molar-refractivity contribution in [3.05, 3.63) is 82.9 Å². The molecule has 0 radical (unpaired) electrons. The number of nitrogen functional groups attached to an aromatic ring is 2. The van der Waals surface area contributed by atoms with Gasteiger partial charge in [-0.1, -0.05) is 24.3 Å². The van der Waals surface area contributed by atoms with E-state index in [0.29, 0.717) is 23.3 Å². The molecule has 4 aromatic carbocycles. The van der Waals surface area contributed by atoms with Crippen molar-refractivity contribution in [3.8, 4) is 22.6 Å². The minimum absolute atomic E-state index is 0. The molecular formula is C34H24N6Na4O16S4. The smallest absolute Gasteiger partial charge is 0.744 e. The van der Waals surface area contributed by atoms with Gasteiger partial charge in [0, 0.05) is 11.1 Å². The Balaban J connectivity index is 0.00000352. The van der Waals surface area contributed by atoms with E-state index < -0.39 is 117 Å². The molecule has 0 aromatic heterocycles. The molecule has 0 atom stereocenters. The SMILES string of the molecule is COc1cc(-c2ccc(N/N=C3/C=Cc4c(S(=O)(=O)[O-])cc(S(=O)(=O)[O-])c(N)c4C3=O)c(OC)c2)ccc1N/N=C1/C=Cc2c(S(=O)(=O)[O-])cc(S(=O)(=O)[O-])c(N)c2C1=O.[Na+].[Na+].[Na+].[Na+]. The number of ketones is 2. The molecule has 4 aromatic rings. The second-order valence-electron chi connectivity index (χ2n) is 12.3. The van der Waals surface area contributed by atoms with E-state index in [0.717, 1.165) is 24.3 Å². The van der Waals surface area contributed by atoms with Gasteiger partial charge in [0.2, 0.25) is 11.6 Å². The van der Waals surface area contributed by atoms with Crippen molar-refractivity contribution in [1.29, 1.82) is 0 Å². The molecule has 64 heavy (non-hydrogen) atoms. The number of hydrogen-bond acceptors (Lipinski definition) is 22. The molecule has 0 saturated heterocycles. The average molecular weight is 993 g/mol. The van der Waals surface area contributed by atoms with Crippen LogP contribution in [-0.4, -0.2) is 89.1 Å². The van der Waals surface area contributed by atoms with Gasteiger partial charge in [0.15, 0.2) is 0 Å². The molecule has 6 rings (SSSR count). The Morgan fingerprint density at radius 1 is 0.500 bits per heavy atom. The number of allylic oxidation sites excluding steroid dienone is 2. The summed E-state index contributed by atoms with van der Waals surface area (Å²) in [6, 6.07) is 9.85. The van der Waals surface area contributed by atoms with Gasteiger partial charge < -0.3 is 39.2 Å². The number of carbonyl (C=O) groups excluding carboxylic acids is 2. The summed E-state index contributed by atoms with van der Waals surface area (Å²) in [5.74, 6) is -1.89. The van der Waals surface area contributed by atoms with Crippen molar-refractivity contribution >= 4 is 98.4 Å². The molecule has 314 valence electrons. The number of rotatable bonds is 11. The van der Waals surface area contributed by atoms with E-state index in [4.69, 9.17) is 20.9 Å². The molecule has 2 aliphatic rings. The number of nitrogens with zero attached hydrogens (tertiary/aromatic N) is 2. The van der Waals surface area contributed by atoms with Crippen LogP contribution < -0.4 is 150 Å². The first-order valence-corrected chi connectivity index (χ1v) is 21.8. The number of nitrogens with one attached hydrogen (secondary N) is 2. The normalized spacial score (nSPS) is 14.5. The maximum Gasteiger partial charge on any atom is 1.00 e. The third-order valence-electron chi connectivity index (χ3n) is 8.81. The van der Waals surface area contributed by atoms with E-state index >= 15 is 0 Å². The number of hydrazone groups is 2. The van der Waals surface area contributed by atoms with Crippen molar-refractivity contribution in [2.24, 2.45) is 10.2 Å². The zero-order valence-electron chi connectivity index (χ0n) is 34.1. The fraction of sp³-hybridized carbons (Fsp3) is 0.0588. The number of carbonyl (C=O) groups is 2. The average Bonchev–Trinajstić information content (AvgIpc) is 3.15. The number of hydrogen-bond donors (Lipinski definition) is 4. The molecule has 0 bridgehead atoms. The second kappa shape index (κ2) is 21.6. The zero-order valence-corrected chi connectivity index (χ0v) is 45.4. The Morgan fingerprint density at radius 2 is 0.812 bits per heavy atom. The Kier molecular flexibility index (Phi) is 19.5. The number of methoxy groups -OCH3 is 2. The van der Waals surface area contributed by atoms with Crippen molar-refractivity contribution < 1.29 is 189 Å². The molecule has 0 saturated carbocycles. The Morgan fingerprint density at radius 3 is 1.09 bits per heavy atom. The topological polar surface area (TPSA) is 382 Å². The second-order valence-corrected chi connectivity index (χ2v) is 17.7. The van der Waals surface area contributed by atoms with Gasteiger partial charge in [-0.2, -0.15) is 10.2 Å². The van der Waals surface area contributed by atoms with Gasteiger partial charge in [-0.3, -0.25) is 20.4 Å². The number of benzene rings is 4. The summed E-state index contributed by atoms with van der Waals surface area (Å²) in [6.45, 7) is 0. The first-order valence-electron chi connectivity index (χ1n) is 16.1. The molecule has 22 nitrogen and oxygen atoms in total. The van der Waals surface area contributed by atoms with E-state index in [-0.39, 0.29) is 141 Å². The van der Waals surface area contributed by atoms with Crippen LogP contribution in [0.1, 0.15) is 31.8 Å². The van der Waals surface area contributed by atoms with Gasteiger partial charge in [-0.15, -0.1) is 0 Å². The van der Waals surface area contributed by atoms with Gasteiger partial charge in [0.25, 0.3) is 0 Å². The van der Waals surface area contributed by atoms with Crippen LogP contribution in [0.3, 0.4) is 0 Å². The standard InChI is InChI=1S/C34H28N6O16S4.4Na/c1-55-23-11-15(3-7-19(23)37-39-21-9-5-17-25(57(43,44)45)13-27(59(49,50)51)31(35)29(17)33(21)41)16-4-8-20(24(12-16)56-2)38-40-22-10-6-18-26(58(46,47)48)14-28(60(52,53)54)32(36)30(18)34(22)42;;;;/h3-14,37-38H,35-36H2,1-2H3,(H,43,44,45)(H,46,47,48)(H,49,50,51)(H,52,53,54);;;;/q;4*+1/p-4/b39-21-,40-22-;;;;. The predicted molar refractivity (Wildman–Crippen MR) is 207 cm³/mol. The van der Waals surface area contributed by atoms with E-state index in [1.807, 2.05) is 0 Å². The van der Waals surface area contributed by atoms with Crippen LogP contribution in [0.15, 0.2) is 90.5 Å². The number of fused-ring (bicyclic) bond motifs is 2. The van der Waals surface area contributed by atoms with Gasteiger partial charge in [0.05, 0.1) is 67.7 Å². The van der Waals surface area contributed by atoms with Crippen LogP contribution in [0.4, 0.5) is 22.7 Å². The number of Topliss-reactive ketones (excluding diaryl/α,β-unsaturated/α-hetero) is 2. The zero-order chi connectivity index (χ0) is 44.3. The van der Waals surface area contributed by atoms with Crippen LogP contribution in [0, 0.1) is 0 Å².